The summed E-state index contributed by atoms with van der Waals surface area (Å²) < 4.78 is 45.0. The van der Waals surface area contributed by atoms with Gasteiger partial charge in [0.2, 0.25) is 9.05 Å². The lowest BCUT2D eigenvalue weighted by molar-refractivity contribution is 0.490. The van der Waals surface area contributed by atoms with E-state index in [1.807, 2.05) is 0 Å². The fourth-order valence-electron chi connectivity index (χ4n) is 0. The fourth-order valence-corrected chi connectivity index (χ4v) is 0. The molecule has 0 rings (SSSR count). The van der Waals surface area contributed by atoms with Crippen LogP contribution in [0.2, 0.25) is 0 Å². The van der Waals surface area contributed by atoms with Gasteiger partial charge in [-0.25, -0.2) is 0 Å². The third-order valence-electron chi connectivity index (χ3n) is 0.206. The largest absolute Gasteiger partial charge is 0.242 e. The van der Waals surface area contributed by atoms with Crippen LogP contribution in [0, 0.1) is 0 Å². The quantitative estimate of drug-likeness (QED) is 0.439. The molecule has 0 heterocycles. The molecule has 0 aliphatic heterocycles. The van der Waals surface area contributed by atoms with Crippen LogP contribution >= 0.6 is 31.3 Å². The average Bonchev–Trinajstić information content (AvgIpc) is 1.30. The molecular formula is CH2Cl2F4S. The predicted molar refractivity (Wildman–Crippen MR) is 28.6 cm³/mol. The highest BCUT2D eigenvalue weighted by Gasteiger charge is 2.60. The standard InChI is InChI=1S/CH2Cl2F4S/c2-1-8(3,4,5,6)7/h1H2. The first-order valence-electron chi connectivity index (χ1n) is 1.33. The Kier molecular flexibility index (Phi) is 1.32. The van der Waals surface area contributed by atoms with Crippen molar-refractivity contribution in [2.45, 2.75) is 0 Å². The summed E-state index contributed by atoms with van der Waals surface area (Å²) in [5, 5.41) is -2.11. The summed E-state index contributed by atoms with van der Waals surface area (Å²) in [6, 6.07) is 0. The maximum Gasteiger partial charge on any atom is 0.242 e. The van der Waals surface area contributed by atoms with Gasteiger partial charge in [0.15, 0.2) is 0 Å². The Bertz CT molecular complexity index is 97.2. The van der Waals surface area contributed by atoms with Crippen LogP contribution in [0.5, 0.6) is 0 Å². The van der Waals surface area contributed by atoms with E-state index >= 15 is 0 Å². The molecule has 0 aliphatic rings. The third kappa shape index (κ3) is 6.65. The molecule has 0 aliphatic carbocycles. The Morgan fingerprint density at radius 2 is 1.25 bits per heavy atom. The van der Waals surface area contributed by atoms with Crippen molar-refractivity contribution in [3.05, 3.63) is 0 Å². The summed E-state index contributed by atoms with van der Waals surface area (Å²) >= 11 is 4.18. The average molecular weight is 193 g/mol. The van der Waals surface area contributed by atoms with E-state index in [0.29, 0.717) is 0 Å². The van der Waals surface area contributed by atoms with Gasteiger partial charge < -0.3 is 0 Å². The van der Waals surface area contributed by atoms with Gasteiger partial charge in [-0.1, -0.05) is 0 Å². The number of hydrogen-bond acceptors (Lipinski definition) is 0. The van der Waals surface area contributed by atoms with Gasteiger partial charge in [-0.05, 0) is 0 Å². The molecular weight excluding hydrogens is 191 g/mol. The van der Waals surface area contributed by atoms with E-state index in [4.69, 9.17) is 0 Å². The number of halogens is 6. The predicted octanol–water partition coefficient (Wildman–Crippen LogP) is 3.75. The molecule has 0 atom stereocenters. The molecule has 0 amide bonds. The van der Waals surface area contributed by atoms with Crippen LogP contribution < -0.4 is 0 Å². The van der Waals surface area contributed by atoms with E-state index in [-0.39, 0.29) is 0 Å². The van der Waals surface area contributed by atoms with E-state index in [1.165, 1.54) is 0 Å². The van der Waals surface area contributed by atoms with Gasteiger partial charge in [0.1, 0.15) is 5.21 Å². The van der Waals surface area contributed by atoms with Crippen LogP contribution in [0.1, 0.15) is 0 Å². The van der Waals surface area contributed by atoms with E-state index in [9.17, 15) is 15.5 Å². The van der Waals surface area contributed by atoms with E-state index in [0.717, 1.165) is 0 Å². The first-order chi connectivity index (χ1) is 3.04. The van der Waals surface area contributed by atoms with Gasteiger partial charge in [0.05, 0.1) is 0 Å². The summed E-state index contributed by atoms with van der Waals surface area (Å²) in [7, 11) is -4.72. The summed E-state index contributed by atoms with van der Waals surface area (Å²) in [5.74, 6) is 0. The van der Waals surface area contributed by atoms with Gasteiger partial charge in [-0.2, -0.15) is 0 Å². The van der Waals surface area contributed by atoms with Gasteiger partial charge in [0, 0.05) is 10.7 Å². The lowest BCUT2D eigenvalue weighted by Crippen LogP contribution is -2.03. The summed E-state index contributed by atoms with van der Waals surface area (Å²) in [6.45, 7) is 0. The summed E-state index contributed by atoms with van der Waals surface area (Å²) in [5.41, 5.74) is 0. The molecule has 0 saturated heterocycles. The van der Waals surface area contributed by atoms with Gasteiger partial charge in [-0.3, -0.25) is 0 Å². The molecule has 0 nitrogen and oxygen atoms in total. The zero-order valence-corrected chi connectivity index (χ0v) is 5.71. The number of alkyl halides is 1. The maximum absolute atomic E-state index is 11.2. The Morgan fingerprint density at radius 3 is 1.25 bits per heavy atom. The summed E-state index contributed by atoms with van der Waals surface area (Å²) in [4.78, 5) is 0. The van der Waals surface area contributed by atoms with Crippen molar-refractivity contribution < 1.29 is 15.5 Å². The SMILES string of the molecule is FS(F)(F)(F)(Cl)CCl. The molecule has 8 heavy (non-hydrogen) atoms. The number of hydrogen-bond donors (Lipinski definition) is 0. The van der Waals surface area contributed by atoms with E-state index in [2.05, 4.69) is 22.3 Å². The molecule has 0 radical (unpaired) electrons. The Labute approximate surface area is 52.7 Å². The van der Waals surface area contributed by atoms with Crippen molar-refractivity contribution in [2.24, 2.45) is 0 Å². The molecule has 0 fully saturated rings. The zero-order valence-electron chi connectivity index (χ0n) is 3.38. The molecule has 0 bridgehead atoms. The molecule has 0 unspecified atom stereocenters. The Morgan fingerprint density at radius 1 is 1.12 bits per heavy atom. The molecule has 0 aromatic rings. The second kappa shape index (κ2) is 1.22. The van der Waals surface area contributed by atoms with Crippen LogP contribution in [0.15, 0.2) is 0 Å². The van der Waals surface area contributed by atoms with E-state index < -0.39 is 14.3 Å². The Hall–Kier alpha value is 0.650. The smallest absolute Gasteiger partial charge is 0.110 e. The normalized spacial score (nSPS) is 21.8. The van der Waals surface area contributed by atoms with Crippen LogP contribution in [-0.4, -0.2) is 5.21 Å². The Balaban J connectivity index is 4.50. The minimum atomic E-state index is -8.26. The van der Waals surface area contributed by atoms with Crippen molar-refractivity contribution in [3.8, 4) is 0 Å². The van der Waals surface area contributed by atoms with Crippen molar-refractivity contribution in [2.75, 3.05) is 5.21 Å². The van der Waals surface area contributed by atoms with Gasteiger partial charge in [0.25, 0.3) is 0 Å². The van der Waals surface area contributed by atoms with Crippen molar-refractivity contribution in [3.63, 3.8) is 0 Å². The maximum atomic E-state index is 11.2. The highest BCUT2D eigenvalue weighted by atomic mass is 35.7. The summed E-state index contributed by atoms with van der Waals surface area (Å²) in [6.07, 6.45) is 0. The minimum absolute atomic E-state index is 2.11. The molecule has 0 aromatic carbocycles. The second-order valence-corrected chi connectivity index (χ2v) is 6.42. The highest BCUT2D eigenvalue weighted by Crippen LogP contribution is 3.00. The molecule has 0 spiro atoms. The van der Waals surface area contributed by atoms with Crippen molar-refractivity contribution >= 4 is 31.3 Å². The topological polar surface area (TPSA) is 0 Å². The minimum Gasteiger partial charge on any atom is -0.110 e. The first-order valence-corrected chi connectivity index (χ1v) is 4.91. The number of rotatable bonds is 1. The lowest BCUT2D eigenvalue weighted by Gasteiger charge is -2.39. The van der Waals surface area contributed by atoms with Crippen molar-refractivity contribution in [1.29, 1.82) is 0 Å². The third-order valence-corrected chi connectivity index (χ3v) is 2.60. The second-order valence-electron chi connectivity index (χ2n) is 1.24. The van der Waals surface area contributed by atoms with Gasteiger partial charge >= 0.3 is 0 Å². The first kappa shape index (κ1) is 8.65. The van der Waals surface area contributed by atoms with Crippen LogP contribution in [0.4, 0.5) is 15.5 Å². The van der Waals surface area contributed by atoms with Crippen LogP contribution in [-0.2, 0) is 0 Å². The van der Waals surface area contributed by atoms with Crippen LogP contribution in [0.3, 0.4) is 0 Å². The monoisotopic (exact) mass is 192 g/mol. The van der Waals surface area contributed by atoms with E-state index in [1.54, 1.807) is 0 Å². The molecule has 7 heteroatoms. The lowest BCUT2D eigenvalue weighted by atomic mass is 11.9. The molecule has 0 saturated carbocycles. The fraction of sp³-hybridized carbons (Fsp3) is 1.00. The molecule has 0 N–H and O–H groups in total. The highest BCUT2D eigenvalue weighted by molar-refractivity contribution is 8.66. The van der Waals surface area contributed by atoms with Crippen LogP contribution in [0.25, 0.3) is 0 Å². The molecule has 54 valence electrons. The van der Waals surface area contributed by atoms with Gasteiger partial charge in [-0.15, -0.1) is 27.1 Å². The zero-order chi connectivity index (χ0) is 7.12. The van der Waals surface area contributed by atoms with Crippen molar-refractivity contribution in [1.82, 2.24) is 0 Å². The molecule has 0 aromatic heterocycles.